The molecule has 0 aromatic rings. The molecule has 0 aliphatic heterocycles. The molecule has 1 rings (SSSR count). The molecule has 0 N–H and O–H groups in total. The van der Waals surface area contributed by atoms with E-state index in [1.54, 1.807) is 11.1 Å². The minimum atomic E-state index is 0.240. The lowest BCUT2D eigenvalue weighted by Gasteiger charge is -2.28. The van der Waals surface area contributed by atoms with Crippen LogP contribution in [0.15, 0.2) is 23.8 Å². The monoisotopic (exact) mass is 164 g/mol. The van der Waals surface area contributed by atoms with Crippen LogP contribution >= 0.6 is 0 Å². The van der Waals surface area contributed by atoms with Crippen LogP contribution in [-0.4, -0.2) is 0 Å². The average Bonchev–Trinajstić information content (AvgIpc) is 2.59. The third kappa shape index (κ3) is 1.14. The highest BCUT2D eigenvalue weighted by atomic mass is 14.5. The van der Waals surface area contributed by atoms with Gasteiger partial charge in [0.2, 0.25) is 0 Å². The molecular formula is C12H20. The number of hydrogen-bond donors (Lipinski definition) is 0. The first-order chi connectivity index (χ1) is 5.45. The summed E-state index contributed by atoms with van der Waals surface area (Å²) in [7, 11) is 0. The Morgan fingerprint density at radius 3 is 2.00 bits per heavy atom. The van der Waals surface area contributed by atoms with Crippen molar-refractivity contribution in [3.8, 4) is 0 Å². The molecule has 0 bridgehead atoms. The van der Waals surface area contributed by atoms with Crippen LogP contribution in [-0.2, 0) is 0 Å². The number of hydrogen-bond acceptors (Lipinski definition) is 0. The molecule has 0 heterocycles. The molecule has 0 saturated carbocycles. The van der Waals surface area contributed by atoms with Crippen molar-refractivity contribution in [2.75, 3.05) is 0 Å². The second kappa shape index (κ2) is 2.76. The molecule has 0 heteroatoms. The van der Waals surface area contributed by atoms with E-state index in [4.69, 9.17) is 0 Å². The summed E-state index contributed by atoms with van der Waals surface area (Å²) in [6.45, 7) is 15.3. The molecule has 0 fully saturated rings. The molecule has 0 saturated heterocycles. The van der Waals surface area contributed by atoms with Crippen molar-refractivity contribution < 1.29 is 0 Å². The van der Waals surface area contributed by atoms with Gasteiger partial charge in [-0.25, -0.2) is 0 Å². The average molecular weight is 164 g/mol. The summed E-state index contributed by atoms with van der Waals surface area (Å²) in [5.74, 6) is 1.39. The van der Waals surface area contributed by atoms with E-state index in [2.05, 4.69) is 47.3 Å². The van der Waals surface area contributed by atoms with Crippen molar-refractivity contribution in [2.24, 2.45) is 17.3 Å². The van der Waals surface area contributed by atoms with E-state index in [1.807, 2.05) is 0 Å². The van der Waals surface area contributed by atoms with Crippen LogP contribution in [0.1, 0.15) is 34.6 Å². The minimum Gasteiger partial charge on any atom is -0.102 e. The quantitative estimate of drug-likeness (QED) is 0.556. The fourth-order valence-electron chi connectivity index (χ4n) is 2.03. The Hall–Kier alpha value is -0.520. The van der Waals surface area contributed by atoms with Gasteiger partial charge in [-0.1, -0.05) is 44.9 Å². The molecule has 0 aromatic heterocycles. The Balaban J connectivity index is 2.91. The first-order valence-electron chi connectivity index (χ1n) is 4.79. The molecule has 0 spiro atoms. The fraction of sp³-hybridized carbons (Fsp3) is 0.667. The van der Waals surface area contributed by atoms with Gasteiger partial charge in [-0.2, -0.15) is 0 Å². The van der Waals surface area contributed by atoms with Gasteiger partial charge in [-0.3, -0.25) is 0 Å². The molecule has 68 valence electrons. The first-order valence-corrected chi connectivity index (χ1v) is 4.79. The van der Waals surface area contributed by atoms with E-state index in [0.717, 1.165) is 5.92 Å². The second-order valence-electron chi connectivity index (χ2n) is 4.46. The lowest BCUT2D eigenvalue weighted by molar-refractivity contribution is 0.361. The molecule has 12 heavy (non-hydrogen) atoms. The van der Waals surface area contributed by atoms with Gasteiger partial charge in [0.15, 0.2) is 0 Å². The lowest BCUT2D eigenvalue weighted by atomic mass is 9.76. The summed E-state index contributed by atoms with van der Waals surface area (Å²) in [5.41, 5.74) is 3.43. The smallest absolute Gasteiger partial charge is 0.00915 e. The zero-order valence-corrected chi connectivity index (χ0v) is 8.94. The van der Waals surface area contributed by atoms with Gasteiger partial charge in [-0.15, -0.1) is 6.58 Å². The van der Waals surface area contributed by atoms with Crippen LogP contribution in [0.5, 0.6) is 0 Å². The van der Waals surface area contributed by atoms with Gasteiger partial charge in [0.25, 0.3) is 0 Å². The normalized spacial score (nSPS) is 27.3. The number of allylic oxidation sites excluding steroid dienone is 3. The lowest BCUT2D eigenvalue weighted by Crippen LogP contribution is -2.20. The Kier molecular flexibility index (Phi) is 2.20. The van der Waals surface area contributed by atoms with Gasteiger partial charge >= 0.3 is 0 Å². The Morgan fingerprint density at radius 1 is 1.50 bits per heavy atom. The van der Waals surface area contributed by atoms with E-state index >= 15 is 0 Å². The maximum absolute atomic E-state index is 3.95. The second-order valence-corrected chi connectivity index (χ2v) is 4.46. The van der Waals surface area contributed by atoms with Crippen LogP contribution in [0.2, 0.25) is 0 Å². The summed E-state index contributed by atoms with van der Waals surface area (Å²) in [6.07, 6.45) is 2.11. The molecule has 2 atom stereocenters. The van der Waals surface area contributed by atoms with Gasteiger partial charge in [-0.05, 0) is 18.8 Å². The summed E-state index contributed by atoms with van der Waals surface area (Å²) >= 11 is 0. The SMILES string of the molecule is C=CC(C)(C1=C(C)C1C)C(C)C. The van der Waals surface area contributed by atoms with E-state index in [0.29, 0.717) is 5.92 Å². The predicted octanol–water partition coefficient (Wildman–Crippen LogP) is 3.80. The van der Waals surface area contributed by atoms with Crippen molar-refractivity contribution in [2.45, 2.75) is 34.6 Å². The van der Waals surface area contributed by atoms with E-state index in [-0.39, 0.29) is 5.41 Å². The van der Waals surface area contributed by atoms with E-state index < -0.39 is 0 Å². The summed E-state index contributed by atoms with van der Waals surface area (Å²) in [6, 6.07) is 0. The van der Waals surface area contributed by atoms with E-state index in [9.17, 15) is 0 Å². The highest BCUT2D eigenvalue weighted by molar-refractivity contribution is 5.45. The minimum absolute atomic E-state index is 0.240. The predicted molar refractivity (Wildman–Crippen MR) is 55.0 cm³/mol. The fourth-order valence-corrected chi connectivity index (χ4v) is 2.03. The zero-order valence-electron chi connectivity index (χ0n) is 8.94. The standard InChI is InChI=1S/C12H20/c1-7-12(6,8(2)3)11-9(4)10(11)5/h7-9H,1H2,2-6H3. The molecule has 2 unspecified atom stereocenters. The summed E-state index contributed by atoms with van der Waals surface area (Å²) in [4.78, 5) is 0. The van der Waals surface area contributed by atoms with Crippen LogP contribution < -0.4 is 0 Å². The molecule has 0 amide bonds. The topological polar surface area (TPSA) is 0 Å². The largest absolute Gasteiger partial charge is 0.102 e. The van der Waals surface area contributed by atoms with Crippen molar-refractivity contribution in [1.29, 1.82) is 0 Å². The molecule has 0 radical (unpaired) electrons. The highest BCUT2D eigenvalue weighted by Crippen LogP contribution is 2.53. The van der Waals surface area contributed by atoms with Crippen LogP contribution in [0, 0.1) is 17.3 Å². The molecule has 0 aromatic carbocycles. The van der Waals surface area contributed by atoms with Gasteiger partial charge in [0.1, 0.15) is 0 Å². The van der Waals surface area contributed by atoms with Crippen LogP contribution in [0.4, 0.5) is 0 Å². The molecule has 1 aliphatic carbocycles. The van der Waals surface area contributed by atoms with Gasteiger partial charge < -0.3 is 0 Å². The van der Waals surface area contributed by atoms with Crippen molar-refractivity contribution in [1.82, 2.24) is 0 Å². The maximum Gasteiger partial charge on any atom is 0.00915 e. The maximum atomic E-state index is 3.95. The number of rotatable bonds is 3. The van der Waals surface area contributed by atoms with Crippen LogP contribution in [0.25, 0.3) is 0 Å². The molecule has 1 aliphatic rings. The Bertz CT molecular complexity index is 232. The molecular weight excluding hydrogens is 144 g/mol. The van der Waals surface area contributed by atoms with Crippen LogP contribution in [0.3, 0.4) is 0 Å². The van der Waals surface area contributed by atoms with Crippen molar-refractivity contribution in [3.05, 3.63) is 23.8 Å². The Morgan fingerprint density at radius 2 is 1.92 bits per heavy atom. The van der Waals surface area contributed by atoms with Gasteiger partial charge in [0, 0.05) is 5.41 Å². The van der Waals surface area contributed by atoms with Gasteiger partial charge in [0.05, 0.1) is 0 Å². The van der Waals surface area contributed by atoms with E-state index in [1.165, 1.54) is 0 Å². The molecule has 0 nitrogen and oxygen atoms in total. The summed E-state index contributed by atoms with van der Waals surface area (Å²) < 4.78 is 0. The summed E-state index contributed by atoms with van der Waals surface area (Å²) in [5, 5.41) is 0. The first kappa shape index (κ1) is 9.57. The third-order valence-electron chi connectivity index (χ3n) is 3.63. The Labute approximate surface area is 76.4 Å². The highest BCUT2D eigenvalue weighted by Gasteiger charge is 2.42. The third-order valence-corrected chi connectivity index (χ3v) is 3.63. The zero-order chi connectivity index (χ0) is 9.52. The van der Waals surface area contributed by atoms with Crippen molar-refractivity contribution >= 4 is 0 Å². The van der Waals surface area contributed by atoms with Crippen molar-refractivity contribution in [3.63, 3.8) is 0 Å².